The molecule has 0 radical (unpaired) electrons. The van der Waals surface area contributed by atoms with E-state index in [2.05, 4.69) is 29.9 Å². The molecule has 2 nitrogen and oxygen atoms in total. The third-order valence-corrected chi connectivity index (χ3v) is 4.30. The van der Waals surface area contributed by atoms with Gasteiger partial charge in [-0.3, -0.25) is 0 Å². The van der Waals surface area contributed by atoms with Crippen molar-refractivity contribution in [1.82, 2.24) is 5.32 Å². The van der Waals surface area contributed by atoms with Crippen molar-refractivity contribution in [2.24, 2.45) is 0 Å². The highest BCUT2D eigenvalue weighted by Crippen LogP contribution is 2.21. The van der Waals surface area contributed by atoms with E-state index in [1.807, 2.05) is 11.3 Å². The Bertz CT molecular complexity index is 278. The van der Waals surface area contributed by atoms with Gasteiger partial charge in [0.2, 0.25) is 0 Å². The first-order valence-electron chi connectivity index (χ1n) is 6.19. The van der Waals surface area contributed by atoms with E-state index in [1.54, 1.807) is 0 Å². The molecule has 1 fully saturated rings. The van der Waals surface area contributed by atoms with Crippen LogP contribution >= 0.6 is 11.3 Å². The molecule has 90 valence electrons. The van der Waals surface area contributed by atoms with Crippen LogP contribution in [0, 0.1) is 0 Å². The van der Waals surface area contributed by atoms with Gasteiger partial charge in [-0.15, -0.1) is 11.3 Å². The zero-order valence-corrected chi connectivity index (χ0v) is 10.8. The molecule has 1 aromatic rings. The lowest BCUT2D eigenvalue weighted by Crippen LogP contribution is -2.33. The molecule has 1 N–H and O–H groups in total. The summed E-state index contributed by atoms with van der Waals surface area (Å²) in [6, 6.07) is 5.02. The SMILES string of the molecule is CNC1CCC(OCCc2cccs2)CC1. The first-order valence-corrected chi connectivity index (χ1v) is 7.07. The molecule has 0 amide bonds. The Morgan fingerprint density at radius 3 is 2.81 bits per heavy atom. The molecule has 16 heavy (non-hydrogen) atoms. The van der Waals surface area contributed by atoms with Crippen molar-refractivity contribution in [2.75, 3.05) is 13.7 Å². The van der Waals surface area contributed by atoms with Crippen molar-refractivity contribution in [3.05, 3.63) is 22.4 Å². The maximum absolute atomic E-state index is 5.93. The highest BCUT2D eigenvalue weighted by Gasteiger charge is 2.19. The summed E-state index contributed by atoms with van der Waals surface area (Å²) in [5.74, 6) is 0. The maximum Gasteiger partial charge on any atom is 0.0576 e. The average molecular weight is 239 g/mol. The van der Waals surface area contributed by atoms with Crippen molar-refractivity contribution in [3.8, 4) is 0 Å². The van der Waals surface area contributed by atoms with E-state index in [9.17, 15) is 0 Å². The summed E-state index contributed by atoms with van der Waals surface area (Å²) >= 11 is 1.82. The quantitative estimate of drug-likeness (QED) is 0.853. The van der Waals surface area contributed by atoms with Crippen LogP contribution in [0.1, 0.15) is 30.6 Å². The number of thiophene rings is 1. The van der Waals surface area contributed by atoms with Gasteiger partial charge in [0, 0.05) is 17.3 Å². The molecule has 2 rings (SSSR count). The van der Waals surface area contributed by atoms with Crippen LogP contribution in [-0.4, -0.2) is 25.8 Å². The molecule has 0 bridgehead atoms. The highest BCUT2D eigenvalue weighted by atomic mass is 32.1. The van der Waals surface area contributed by atoms with Crippen LogP contribution < -0.4 is 5.32 Å². The second-order valence-electron chi connectivity index (χ2n) is 4.46. The van der Waals surface area contributed by atoms with E-state index in [4.69, 9.17) is 4.74 Å². The fourth-order valence-corrected chi connectivity index (χ4v) is 2.99. The minimum absolute atomic E-state index is 0.504. The Hall–Kier alpha value is -0.380. The fourth-order valence-electron chi connectivity index (χ4n) is 2.30. The lowest BCUT2D eigenvalue weighted by molar-refractivity contribution is 0.0251. The molecule has 0 spiro atoms. The minimum Gasteiger partial charge on any atom is -0.378 e. The Morgan fingerprint density at radius 1 is 1.38 bits per heavy atom. The molecule has 0 unspecified atom stereocenters. The van der Waals surface area contributed by atoms with E-state index in [1.165, 1.54) is 30.6 Å². The average Bonchev–Trinajstić information content (AvgIpc) is 2.83. The van der Waals surface area contributed by atoms with Gasteiger partial charge >= 0.3 is 0 Å². The molecule has 1 aliphatic carbocycles. The van der Waals surface area contributed by atoms with Crippen molar-refractivity contribution in [3.63, 3.8) is 0 Å². The van der Waals surface area contributed by atoms with E-state index in [0.717, 1.165) is 19.1 Å². The second-order valence-corrected chi connectivity index (χ2v) is 5.49. The van der Waals surface area contributed by atoms with Crippen molar-refractivity contribution >= 4 is 11.3 Å². The van der Waals surface area contributed by atoms with Gasteiger partial charge < -0.3 is 10.1 Å². The Balaban J connectivity index is 1.60. The van der Waals surface area contributed by atoms with Gasteiger partial charge in [0.1, 0.15) is 0 Å². The number of hydrogen-bond donors (Lipinski definition) is 1. The van der Waals surface area contributed by atoms with E-state index in [0.29, 0.717) is 6.10 Å². The highest BCUT2D eigenvalue weighted by molar-refractivity contribution is 7.09. The molecule has 0 aliphatic heterocycles. The predicted octanol–water partition coefficient (Wildman–Crippen LogP) is 2.84. The zero-order chi connectivity index (χ0) is 11.2. The largest absolute Gasteiger partial charge is 0.378 e. The summed E-state index contributed by atoms with van der Waals surface area (Å²) < 4.78 is 5.93. The van der Waals surface area contributed by atoms with Crippen molar-refractivity contribution in [2.45, 2.75) is 44.2 Å². The van der Waals surface area contributed by atoms with Crippen LogP contribution in [0.3, 0.4) is 0 Å². The second kappa shape index (κ2) is 6.38. The summed E-state index contributed by atoms with van der Waals surface area (Å²) in [6.07, 6.45) is 6.54. The van der Waals surface area contributed by atoms with Gasteiger partial charge in [-0.25, -0.2) is 0 Å². The topological polar surface area (TPSA) is 21.3 Å². The number of nitrogens with one attached hydrogen (secondary N) is 1. The normalized spacial score (nSPS) is 25.8. The van der Waals surface area contributed by atoms with Crippen LogP contribution in [0.2, 0.25) is 0 Å². The van der Waals surface area contributed by atoms with Gasteiger partial charge in [0.15, 0.2) is 0 Å². The van der Waals surface area contributed by atoms with E-state index in [-0.39, 0.29) is 0 Å². The molecule has 1 aromatic heterocycles. The summed E-state index contributed by atoms with van der Waals surface area (Å²) in [5.41, 5.74) is 0. The van der Waals surface area contributed by atoms with E-state index < -0.39 is 0 Å². The summed E-state index contributed by atoms with van der Waals surface area (Å²) in [5, 5.41) is 5.48. The Morgan fingerprint density at radius 2 is 2.19 bits per heavy atom. The van der Waals surface area contributed by atoms with Crippen LogP contribution in [0.15, 0.2) is 17.5 Å². The van der Waals surface area contributed by atoms with Crippen LogP contribution in [0.4, 0.5) is 0 Å². The lowest BCUT2D eigenvalue weighted by Gasteiger charge is -2.28. The first kappa shape index (κ1) is 12.1. The maximum atomic E-state index is 5.93. The van der Waals surface area contributed by atoms with Crippen LogP contribution in [0.5, 0.6) is 0 Å². The number of ether oxygens (including phenoxy) is 1. The number of hydrogen-bond acceptors (Lipinski definition) is 3. The van der Waals surface area contributed by atoms with Gasteiger partial charge in [0.05, 0.1) is 12.7 Å². The molecule has 0 atom stereocenters. The van der Waals surface area contributed by atoms with Gasteiger partial charge in [-0.2, -0.15) is 0 Å². The number of rotatable bonds is 5. The molecular formula is C13H21NOS. The predicted molar refractivity (Wildman–Crippen MR) is 69.1 cm³/mol. The smallest absolute Gasteiger partial charge is 0.0576 e. The Labute approximate surface area is 102 Å². The minimum atomic E-state index is 0.504. The molecule has 1 saturated carbocycles. The first-order chi connectivity index (χ1) is 7.88. The third kappa shape index (κ3) is 3.58. The molecule has 0 aromatic carbocycles. The molecule has 3 heteroatoms. The standard InChI is InChI=1S/C13H21NOS/c1-14-11-4-6-12(7-5-11)15-9-8-13-3-2-10-16-13/h2-3,10-12,14H,4-9H2,1H3. The molecule has 1 aliphatic rings. The van der Waals surface area contributed by atoms with Gasteiger partial charge in [-0.05, 0) is 44.2 Å². The van der Waals surface area contributed by atoms with Crippen LogP contribution in [0.25, 0.3) is 0 Å². The third-order valence-electron chi connectivity index (χ3n) is 3.36. The summed E-state index contributed by atoms with van der Waals surface area (Å²) in [7, 11) is 2.06. The van der Waals surface area contributed by atoms with Gasteiger partial charge in [-0.1, -0.05) is 6.07 Å². The molecular weight excluding hydrogens is 218 g/mol. The summed E-state index contributed by atoms with van der Waals surface area (Å²) in [6.45, 7) is 0.884. The summed E-state index contributed by atoms with van der Waals surface area (Å²) in [4.78, 5) is 1.43. The van der Waals surface area contributed by atoms with Gasteiger partial charge in [0.25, 0.3) is 0 Å². The monoisotopic (exact) mass is 239 g/mol. The lowest BCUT2D eigenvalue weighted by atomic mass is 9.93. The van der Waals surface area contributed by atoms with Crippen molar-refractivity contribution < 1.29 is 4.74 Å². The van der Waals surface area contributed by atoms with Crippen molar-refractivity contribution in [1.29, 1.82) is 0 Å². The Kier molecular flexibility index (Phi) is 4.82. The van der Waals surface area contributed by atoms with Crippen LogP contribution in [-0.2, 0) is 11.2 Å². The molecule has 0 saturated heterocycles. The fraction of sp³-hybridized carbons (Fsp3) is 0.692. The van der Waals surface area contributed by atoms with E-state index >= 15 is 0 Å². The molecule has 1 heterocycles. The zero-order valence-electron chi connectivity index (χ0n) is 9.95.